The van der Waals surface area contributed by atoms with Gasteiger partial charge in [-0.2, -0.15) is 0 Å². The van der Waals surface area contributed by atoms with E-state index in [1.54, 1.807) is 24.2 Å². The number of pyridine rings is 1. The molecule has 3 aromatic rings. The Bertz CT molecular complexity index is 1010. The van der Waals surface area contributed by atoms with E-state index >= 15 is 0 Å². The van der Waals surface area contributed by atoms with Gasteiger partial charge in [0, 0.05) is 24.0 Å². The molecule has 1 amide bonds. The Labute approximate surface area is 165 Å². The summed E-state index contributed by atoms with van der Waals surface area (Å²) in [5, 5.41) is 0.848. The normalized spacial score (nSPS) is 10.5. The highest BCUT2D eigenvalue weighted by Crippen LogP contribution is 2.31. The summed E-state index contributed by atoms with van der Waals surface area (Å²) < 4.78 is 5.25. The zero-order valence-corrected chi connectivity index (χ0v) is 16.3. The van der Waals surface area contributed by atoms with E-state index in [-0.39, 0.29) is 5.91 Å². The molecule has 0 saturated heterocycles. The van der Waals surface area contributed by atoms with Crippen molar-refractivity contribution >= 4 is 16.8 Å². The fraction of sp³-hybridized carbons (Fsp3) is 0.167. The van der Waals surface area contributed by atoms with E-state index in [2.05, 4.69) is 13.2 Å². The Balaban J connectivity index is 2.22. The SMILES string of the molecule is C=CCN(CC=C)C(=O)c1c(C)c(-c2ccc(OC)cc2)nc2ccccc12. The van der Waals surface area contributed by atoms with Crippen LogP contribution in [0.1, 0.15) is 15.9 Å². The summed E-state index contributed by atoms with van der Waals surface area (Å²) in [5.74, 6) is 0.729. The number of hydrogen-bond acceptors (Lipinski definition) is 3. The molecule has 1 heterocycles. The minimum atomic E-state index is -0.0503. The number of methoxy groups -OCH3 is 1. The van der Waals surface area contributed by atoms with Gasteiger partial charge in [-0.05, 0) is 42.8 Å². The van der Waals surface area contributed by atoms with Crippen LogP contribution in [-0.2, 0) is 0 Å². The van der Waals surface area contributed by atoms with Crippen LogP contribution in [0.15, 0.2) is 73.8 Å². The van der Waals surface area contributed by atoms with Crippen LogP contribution in [0.5, 0.6) is 5.75 Å². The van der Waals surface area contributed by atoms with Gasteiger partial charge >= 0.3 is 0 Å². The maximum Gasteiger partial charge on any atom is 0.255 e. The van der Waals surface area contributed by atoms with E-state index in [0.29, 0.717) is 18.7 Å². The number of nitrogens with zero attached hydrogens (tertiary/aromatic N) is 2. The average Bonchev–Trinajstić information content (AvgIpc) is 2.73. The molecule has 0 aliphatic heterocycles. The number of carbonyl (C=O) groups is 1. The van der Waals surface area contributed by atoms with Crippen molar-refractivity contribution in [2.24, 2.45) is 0 Å². The van der Waals surface area contributed by atoms with Crippen molar-refractivity contribution < 1.29 is 9.53 Å². The highest BCUT2D eigenvalue weighted by Gasteiger charge is 2.22. The van der Waals surface area contributed by atoms with E-state index in [9.17, 15) is 4.79 Å². The van der Waals surface area contributed by atoms with Gasteiger partial charge in [-0.15, -0.1) is 13.2 Å². The molecule has 0 atom stereocenters. The molecule has 0 N–H and O–H groups in total. The molecule has 0 fully saturated rings. The summed E-state index contributed by atoms with van der Waals surface area (Å²) in [5.41, 5.74) is 4.05. The van der Waals surface area contributed by atoms with Gasteiger partial charge in [0.25, 0.3) is 5.91 Å². The molecule has 1 aromatic heterocycles. The fourth-order valence-corrected chi connectivity index (χ4v) is 3.32. The Morgan fingerprint density at radius 3 is 2.32 bits per heavy atom. The van der Waals surface area contributed by atoms with E-state index in [4.69, 9.17) is 9.72 Å². The maximum absolute atomic E-state index is 13.4. The highest BCUT2D eigenvalue weighted by molar-refractivity contribution is 6.09. The lowest BCUT2D eigenvalue weighted by Gasteiger charge is -2.22. The van der Waals surface area contributed by atoms with Crippen LogP contribution in [-0.4, -0.2) is 36.0 Å². The smallest absolute Gasteiger partial charge is 0.255 e. The third-order valence-electron chi connectivity index (χ3n) is 4.70. The van der Waals surface area contributed by atoms with Gasteiger partial charge in [-0.3, -0.25) is 4.79 Å². The third kappa shape index (κ3) is 3.67. The topological polar surface area (TPSA) is 42.4 Å². The van der Waals surface area contributed by atoms with Crippen LogP contribution in [0.4, 0.5) is 0 Å². The van der Waals surface area contributed by atoms with Gasteiger partial charge < -0.3 is 9.64 Å². The Morgan fingerprint density at radius 2 is 1.71 bits per heavy atom. The molecule has 0 unspecified atom stereocenters. The molecule has 4 heteroatoms. The zero-order chi connectivity index (χ0) is 20.1. The lowest BCUT2D eigenvalue weighted by molar-refractivity contribution is 0.0792. The largest absolute Gasteiger partial charge is 0.497 e. The van der Waals surface area contributed by atoms with Crippen molar-refractivity contribution in [3.63, 3.8) is 0 Å². The van der Waals surface area contributed by atoms with E-state index < -0.39 is 0 Å². The molecule has 4 nitrogen and oxygen atoms in total. The number of benzene rings is 2. The first-order valence-electron chi connectivity index (χ1n) is 9.15. The van der Waals surface area contributed by atoms with Crippen LogP contribution in [0.2, 0.25) is 0 Å². The minimum Gasteiger partial charge on any atom is -0.497 e. The zero-order valence-electron chi connectivity index (χ0n) is 16.3. The summed E-state index contributed by atoms with van der Waals surface area (Å²) in [6, 6.07) is 15.5. The molecule has 28 heavy (non-hydrogen) atoms. The fourth-order valence-electron chi connectivity index (χ4n) is 3.32. The summed E-state index contributed by atoms with van der Waals surface area (Å²) in [7, 11) is 1.64. The Morgan fingerprint density at radius 1 is 1.07 bits per heavy atom. The van der Waals surface area contributed by atoms with Gasteiger partial charge in [0.15, 0.2) is 0 Å². The second-order valence-electron chi connectivity index (χ2n) is 6.49. The maximum atomic E-state index is 13.4. The van der Waals surface area contributed by atoms with Gasteiger partial charge in [0.2, 0.25) is 0 Å². The van der Waals surface area contributed by atoms with E-state index in [1.165, 1.54) is 0 Å². The Hall–Kier alpha value is -3.40. The van der Waals surface area contributed by atoms with Crippen molar-refractivity contribution in [2.75, 3.05) is 20.2 Å². The van der Waals surface area contributed by atoms with Gasteiger partial charge in [0.1, 0.15) is 5.75 Å². The van der Waals surface area contributed by atoms with Crippen molar-refractivity contribution in [2.45, 2.75) is 6.92 Å². The lowest BCUT2D eigenvalue weighted by Crippen LogP contribution is -2.32. The van der Waals surface area contributed by atoms with Crippen molar-refractivity contribution in [1.82, 2.24) is 9.88 Å². The quantitative estimate of drug-likeness (QED) is 0.546. The first-order chi connectivity index (χ1) is 13.6. The predicted molar refractivity (Wildman–Crippen MR) is 115 cm³/mol. The minimum absolute atomic E-state index is 0.0503. The average molecular weight is 372 g/mol. The predicted octanol–water partition coefficient (Wildman–Crippen LogP) is 5.03. The van der Waals surface area contributed by atoms with Crippen LogP contribution in [0.25, 0.3) is 22.2 Å². The molecule has 0 aliphatic rings. The monoisotopic (exact) mass is 372 g/mol. The molecule has 0 saturated carbocycles. The lowest BCUT2D eigenvalue weighted by atomic mass is 9.96. The first-order valence-corrected chi connectivity index (χ1v) is 9.15. The molecule has 3 rings (SSSR count). The number of para-hydroxylation sites is 1. The molecule has 0 aliphatic carbocycles. The van der Waals surface area contributed by atoms with E-state index in [0.717, 1.165) is 33.5 Å². The molecule has 0 spiro atoms. The van der Waals surface area contributed by atoms with Gasteiger partial charge in [-0.1, -0.05) is 30.4 Å². The second-order valence-corrected chi connectivity index (χ2v) is 6.49. The van der Waals surface area contributed by atoms with E-state index in [1.807, 2.05) is 55.5 Å². The number of amides is 1. The number of hydrogen-bond donors (Lipinski definition) is 0. The summed E-state index contributed by atoms with van der Waals surface area (Å²) >= 11 is 0. The first kappa shape index (κ1) is 19.4. The standard InChI is InChI=1S/C24H24N2O2/c1-5-15-26(16-6-2)24(27)22-17(3)23(18-11-13-19(28-4)14-12-18)25-21-10-8-7-9-20(21)22/h5-14H,1-2,15-16H2,3-4H3. The molecular weight excluding hydrogens is 348 g/mol. The number of ether oxygens (including phenoxy) is 1. The van der Waals surface area contributed by atoms with Gasteiger partial charge in [0.05, 0.1) is 23.9 Å². The molecule has 2 aromatic carbocycles. The van der Waals surface area contributed by atoms with Crippen LogP contribution in [0, 0.1) is 6.92 Å². The van der Waals surface area contributed by atoms with Crippen LogP contribution in [0.3, 0.4) is 0 Å². The van der Waals surface area contributed by atoms with Crippen molar-refractivity contribution in [1.29, 1.82) is 0 Å². The number of rotatable bonds is 7. The van der Waals surface area contributed by atoms with Crippen molar-refractivity contribution in [3.8, 4) is 17.0 Å². The second kappa shape index (κ2) is 8.53. The number of fused-ring (bicyclic) bond motifs is 1. The molecular formula is C24H24N2O2. The van der Waals surface area contributed by atoms with Crippen LogP contribution < -0.4 is 4.74 Å². The number of carbonyl (C=O) groups excluding carboxylic acids is 1. The summed E-state index contributed by atoms with van der Waals surface area (Å²) in [6.45, 7) is 10.4. The molecule has 0 radical (unpaired) electrons. The van der Waals surface area contributed by atoms with Crippen LogP contribution >= 0.6 is 0 Å². The van der Waals surface area contributed by atoms with Gasteiger partial charge in [-0.25, -0.2) is 4.98 Å². The Kier molecular flexibility index (Phi) is 5.90. The van der Waals surface area contributed by atoms with Crippen molar-refractivity contribution in [3.05, 3.63) is 85.0 Å². The summed E-state index contributed by atoms with van der Waals surface area (Å²) in [6.07, 6.45) is 3.45. The molecule has 142 valence electrons. The third-order valence-corrected chi connectivity index (χ3v) is 4.70. The summed E-state index contributed by atoms with van der Waals surface area (Å²) in [4.78, 5) is 20.0. The highest BCUT2D eigenvalue weighted by atomic mass is 16.5. The molecule has 0 bridgehead atoms. The number of aromatic nitrogens is 1.